The van der Waals surface area contributed by atoms with E-state index in [1.165, 1.54) is 12.8 Å². The van der Waals surface area contributed by atoms with Crippen LogP contribution in [-0.4, -0.2) is 62.1 Å². The van der Waals surface area contributed by atoms with Crippen LogP contribution in [0.3, 0.4) is 0 Å². The van der Waals surface area contributed by atoms with E-state index >= 15 is 0 Å². The van der Waals surface area contributed by atoms with Gasteiger partial charge in [-0.1, -0.05) is 26.0 Å². The number of hydrogen-bond acceptors (Lipinski definition) is 4. The molecule has 1 spiro atoms. The molecule has 5 nitrogen and oxygen atoms in total. The summed E-state index contributed by atoms with van der Waals surface area (Å²) < 4.78 is 33.3. The van der Waals surface area contributed by atoms with E-state index in [0.29, 0.717) is 29.9 Å². The van der Waals surface area contributed by atoms with E-state index in [1.807, 2.05) is 12.1 Å². The Balaban J connectivity index is 1.41. The maximum atomic E-state index is 12.8. The van der Waals surface area contributed by atoms with Gasteiger partial charge in [0.1, 0.15) is 0 Å². The molecule has 3 aliphatic rings. The summed E-state index contributed by atoms with van der Waals surface area (Å²) in [7, 11) is -3.40. The number of sulfonamides is 1. The molecule has 6 heteroatoms. The molecule has 3 heterocycles. The van der Waals surface area contributed by atoms with Crippen molar-refractivity contribution < 1.29 is 13.2 Å². The van der Waals surface area contributed by atoms with Crippen molar-refractivity contribution in [3.05, 3.63) is 29.8 Å². The summed E-state index contributed by atoms with van der Waals surface area (Å²) >= 11 is 0. The second-order valence-electron chi connectivity index (χ2n) is 8.09. The van der Waals surface area contributed by atoms with Crippen LogP contribution in [0.25, 0.3) is 0 Å². The summed E-state index contributed by atoms with van der Waals surface area (Å²) in [5.74, 6) is 0.401. The predicted molar refractivity (Wildman–Crippen MR) is 97.2 cm³/mol. The van der Waals surface area contributed by atoms with E-state index < -0.39 is 10.0 Å². The van der Waals surface area contributed by atoms with Crippen molar-refractivity contribution in [1.82, 2.24) is 9.21 Å². The average molecular weight is 365 g/mol. The van der Waals surface area contributed by atoms with Crippen LogP contribution in [-0.2, 0) is 14.8 Å². The summed E-state index contributed by atoms with van der Waals surface area (Å²) in [4.78, 5) is 2.90. The fraction of sp³-hybridized carbons (Fsp3) is 0.684. The Bertz CT molecular complexity index is 718. The van der Waals surface area contributed by atoms with E-state index in [2.05, 4.69) is 18.7 Å². The van der Waals surface area contributed by atoms with Gasteiger partial charge in [0, 0.05) is 19.1 Å². The van der Waals surface area contributed by atoms with Crippen molar-refractivity contribution in [3.63, 3.8) is 0 Å². The van der Waals surface area contributed by atoms with Crippen LogP contribution in [0, 0.1) is 0 Å². The van der Waals surface area contributed by atoms with Crippen LogP contribution < -0.4 is 0 Å². The van der Waals surface area contributed by atoms with Gasteiger partial charge in [-0.2, -0.15) is 4.31 Å². The number of ether oxygens (including phenoxy) is 1. The van der Waals surface area contributed by atoms with Crippen LogP contribution in [0.5, 0.6) is 0 Å². The first-order valence-corrected chi connectivity index (χ1v) is 10.8. The van der Waals surface area contributed by atoms with Crippen LogP contribution in [0.15, 0.2) is 29.2 Å². The van der Waals surface area contributed by atoms with Crippen LogP contribution in [0.1, 0.15) is 44.6 Å². The first-order valence-electron chi connectivity index (χ1n) is 9.38. The molecule has 1 unspecified atom stereocenters. The number of likely N-dealkylation sites (tertiary alicyclic amines) is 1. The molecule has 0 aromatic heterocycles. The minimum Gasteiger partial charge on any atom is -0.371 e. The number of nitrogens with zero attached hydrogens (tertiary/aromatic N) is 2. The topological polar surface area (TPSA) is 49.9 Å². The molecular weight excluding hydrogens is 336 g/mol. The number of benzene rings is 1. The zero-order valence-electron chi connectivity index (χ0n) is 15.1. The van der Waals surface area contributed by atoms with Gasteiger partial charge in [-0.3, -0.25) is 4.90 Å². The zero-order valence-corrected chi connectivity index (χ0v) is 16.0. The van der Waals surface area contributed by atoms with Crippen LogP contribution in [0.4, 0.5) is 0 Å². The fourth-order valence-electron chi connectivity index (χ4n) is 4.32. The van der Waals surface area contributed by atoms with Crippen LogP contribution in [0.2, 0.25) is 0 Å². The molecular formula is C19H28N2O3S. The minimum atomic E-state index is -3.40. The van der Waals surface area contributed by atoms with Crippen LogP contribution >= 0.6 is 0 Å². The molecule has 3 fully saturated rings. The molecule has 25 heavy (non-hydrogen) atoms. The van der Waals surface area contributed by atoms with Gasteiger partial charge in [0.05, 0.1) is 17.1 Å². The lowest BCUT2D eigenvalue weighted by atomic mass is 9.91. The minimum absolute atomic E-state index is 0.252. The van der Waals surface area contributed by atoms with Crippen molar-refractivity contribution in [3.8, 4) is 0 Å². The summed E-state index contributed by atoms with van der Waals surface area (Å²) in [6, 6.07) is 7.78. The van der Waals surface area contributed by atoms with Gasteiger partial charge < -0.3 is 4.74 Å². The van der Waals surface area contributed by atoms with E-state index in [1.54, 1.807) is 16.4 Å². The Labute approximate surface area is 151 Å². The quantitative estimate of drug-likeness (QED) is 0.823. The highest BCUT2D eigenvalue weighted by Crippen LogP contribution is 2.40. The Kier molecular flexibility index (Phi) is 4.43. The smallest absolute Gasteiger partial charge is 0.243 e. The van der Waals surface area contributed by atoms with E-state index in [0.717, 1.165) is 31.7 Å². The molecule has 3 aliphatic heterocycles. The highest BCUT2D eigenvalue weighted by molar-refractivity contribution is 7.89. The van der Waals surface area contributed by atoms with Crippen molar-refractivity contribution in [1.29, 1.82) is 0 Å². The average Bonchev–Trinajstić information content (AvgIpc) is 3.22. The van der Waals surface area contributed by atoms with E-state index in [4.69, 9.17) is 4.74 Å². The Morgan fingerprint density at radius 3 is 2.36 bits per heavy atom. The molecule has 3 saturated heterocycles. The normalized spacial score (nSPS) is 27.2. The first kappa shape index (κ1) is 17.5. The SMILES string of the molecule is CC(C)c1ccc(S(=O)(=O)N2CC3(CC(N4CCCC4)CO3)C2)cc1. The summed E-state index contributed by atoms with van der Waals surface area (Å²) in [5.41, 5.74) is 0.907. The zero-order chi connectivity index (χ0) is 17.7. The van der Waals surface area contributed by atoms with Gasteiger partial charge in [-0.05, 0) is 56.0 Å². The van der Waals surface area contributed by atoms with Gasteiger partial charge in [-0.15, -0.1) is 0 Å². The lowest BCUT2D eigenvalue weighted by molar-refractivity contribution is -0.0774. The molecule has 0 amide bonds. The molecule has 0 radical (unpaired) electrons. The van der Waals surface area contributed by atoms with Crippen molar-refractivity contribution in [2.45, 2.75) is 55.6 Å². The van der Waals surface area contributed by atoms with Crippen molar-refractivity contribution in [2.24, 2.45) is 0 Å². The van der Waals surface area contributed by atoms with E-state index in [9.17, 15) is 8.42 Å². The first-order chi connectivity index (χ1) is 11.9. The van der Waals surface area contributed by atoms with Gasteiger partial charge >= 0.3 is 0 Å². The van der Waals surface area contributed by atoms with Gasteiger partial charge in [0.2, 0.25) is 10.0 Å². The summed E-state index contributed by atoms with van der Waals surface area (Å²) in [6.45, 7) is 8.27. The fourth-order valence-corrected chi connectivity index (χ4v) is 5.91. The Morgan fingerprint density at radius 2 is 1.76 bits per heavy atom. The highest BCUT2D eigenvalue weighted by atomic mass is 32.2. The molecule has 0 saturated carbocycles. The molecule has 0 bridgehead atoms. The van der Waals surface area contributed by atoms with Crippen molar-refractivity contribution >= 4 is 10.0 Å². The molecule has 138 valence electrons. The summed E-state index contributed by atoms with van der Waals surface area (Å²) in [6.07, 6.45) is 3.51. The second-order valence-corrected chi connectivity index (χ2v) is 10.0. The van der Waals surface area contributed by atoms with Crippen molar-refractivity contribution in [2.75, 3.05) is 32.8 Å². The number of rotatable bonds is 4. The molecule has 1 atom stereocenters. The highest BCUT2D eigenvalue weighted by Gasteiger charge is 2.54. The van der Waals surface area contributed by atoms with Gasteiger partial charge in [0.25, 0.3) is 0 Å². The lowest BCUT2D eigenvalue weighted by Gasteiger charge is -2.46. The Hall–Kier alpha value is -0.950. The second kappa shape index (κ2) is 6.34. The standard InChI is InChI=1S/C19H28N2O3S/c1-15(2)16-5-7-18(8-6-16)25(22,23)21-13-19(14-21)11-17(12-24-19)20-9-3-4-10-20/h5-8,15,17H,3-4,9-14H2,1-2H3. The molecule has 1 aromatic rings. The molecule has 0 N–H and O–H groups in total. The van der Waals surface area contributed by atoms with E-state index in [-0.39, 0.29) is 5.60 Å². The third kappa shape index (κ3) is 3.14. The Morgan fingerprint density at radius 1 is 1.12 bits per heavy atom. The molecule has 4 rings (SSSR count). The van der Waals surface area contributed by atoms with Gasteiger partial charge in [-0.25, -0.2) is 8.42 Å². The summed E-state index contributed by atoms with van der Waals surface area (Å²) in [5, 5.41) is 0. The predicted octanol–water partition coefficient (Wildman–Crippen LogP) is 2.44. The third-order valence-corrected chi connectivity index (χ3v) is 7.77. The maximum Gasteiger partial charge on any atom is 0.243 e. The van der Waals surface area contributed by atoms with Gasteiger partial charge in [0.15, 0.2) is 0 Å². The monoisotopic (exact) mass is 364 g/mol. The number of hydrogen-bond donors (Lipinski definition) is 0. The lowest BCUT2D eigenvalue weighted by Crippen LogP contribution is -2.63. The third-order valence-electron chi connectivity index (χ3n) is 5.96. The maximum absolute atomic E-state index is 12.8. The largest absolute Gasteiger partial charge is 0.371 e. The molecule has 0 aliphatic carbocycles. The molecule has 1 aromatic carbocycles.